The summed E-state index contributed by atoms with van der Waals surface area (Å²) in [6.07, 6.45) is 3.32. The summed E-state index contributed by atoms with van der Waals surface area (Å²) in [6.45, 7) is 2.72. The number of ether oxygens (including phenoxy) is 1. The van der Waals surface area contributed by atoms with Gasteiger partial charge in [-0.1, -0.05) is 12.1 Å². The van der Waals surface area contributed by atoms with Crippen LogP contribution in [-0.2, 0) is 11.3 Å². The van der Waals surface area contributed by atoms with Gasteiger partial charge in [0.25, 0.3) is 11.8 Å². The summed E-state index contributed by atoms with van der Waals surface area (Å²) in [5.74, 6) is -0.0634. The fraction of sp³-hybridized carbons (Fsp3) is 0.263. The molecule has 1 atom stereocenters. The van der Waals surface area contributed by atoms with E-state index >= 15 is 0 Å². The number of fused-ring (bicyclic) bond motifs is 2. The number of aromatic nitrogens is 3. The van der Waals surface area contributed by atoms with Crippen LogP contribution in [0.5, 0.6) is 5.75 Å². The third kappa shape index (κ3) is 2.99. The van der Waals surface area contributed by atoms with Crippen molar-refractivity contribution >= 4 is 28.4 Å². The van der Waals surface area contributed by atoms with Gasteiger partial charge in [-0.2, -0.15) is 5.10 Å². The number of para-hydroxylation sites is 2. The Morgan fingerprint density at radius 2 is 2.15 bits per heavy atom. The molecule has 0 aliphatic carbocycles. The smallest absolute Gasteiger partial charge is 0.270 e. The zero-order valence-electron chi connectivity index (χ0n) is 15.0. The van der Waals surface area contributed by atoms with Crippen molar-refractivity contribution in [1.82, 2.24) is 20.1 Å². The number of likely N-dealkylation sites (N-methyl/N-ethyl adjacent to an activating group) is 1. The average molecular weight is 365 g/mol. The molecule has 1 aliphatic heterocycles. The Morgan fingerprint density at radius 1 is 1.33 bits per heavy atom. The van der Waals surface area contributed by atoms with Gasteiger partial charge in [-0.15, -0.1) is 0 Å². The largest absolute Gasteiger partial charge is 0.489 e. The summed E-state index contributed by atoms with van der Waals surface area (Å²) in [5, 5.41) is 7.85. The Hall–Kier alpha value is -3.42. The van der Waals surface area contributed by atoms with E-state index in [0.29, 0.717) is 18.0 Å². The number of hydrogen-bond acceptors (Lipinski definition) is 5. The molecule has 1 aliphatic rings. The van der Waals surface area contributed by atoms with Crippen LogP contribution in [-0.4, -0.2) is 46.3 Å². The lowest BCUT2D eigenvalue weighted by atomic mass is 10.2. The molecule has 4 rings (SSSR count). The monoisotopic (exact) mass is 365 g/mol. The molecular formula is C19H19N5O3. The maximum Gasteiger partial charge on any atom is 0.270 e. The first-order chi connectivity index (χ1) is 13.1. The molecular weight excluding hydrogens is 346 g/mol. The van der Waals surface area contributed by atoms with Gasteiger partial charge in [-0.05, 0) is 25.1 Å². The Bertz CT molecular complexity index is 1030. The second-order valence-corrected chi connectivity index (χ2v) is 6.29. The number of amides is 2. The van der Waals surface area contributed by atoms with Crippen LogP contribution in [0.4, 0.5) is 5.69 Å². The highest BCUT2D eigenvalue weighted by atomic mass is 16.5. The van der Waals surface area contributed by atoms with E-state index in [-0.39, 0.29) is 18.2 Å². The quantitative estimate of drug-likeness (QED) is 0.762. The minimum Gasteiger partial charge on any atom is -0.489 e. The Labute approximate surface area is 155 Å². The van der Waals surface area contributed by atoms with Crippen molar-refractivity contribution in [3.8, 4) is 5.75 Å². The van der Waals surface area contributed by atoms with Crippen LogP contribution in [0.3, 0.4) is 0 Å². The maximum absolute atomic E-state index is 12.7. The average Bonchev–Trinajstić information content (AvgIpc) is 3.07. The highest BCUT2D eigenvalue weighted by Gasteiger charge is 2.30. The molecule has 3 aromatic rings. The van der Waals surface area contributed by atoms with Gasteiger partial charge in [0.1, 0.15) is 24.1 Å². The predicted octanol–water partition coefficient (Wildman–Crippen LogP) is 1.60. The van der Waals surface area contributed by atoms with Gasteiger partial charge in [0, 0.05) is 25.2 Å². The summed E-state index contributed by atoms with van der Waals surface area (Å²) in [5.41, 5.74) is 1.73. The lowest BCUT2D eigenvalue weighted by Gasteiger charge is -2.20. The van der Waals surface area contributed by atoms with Crippen LogP contribution in [0, 0.1) is 0 Å². The first-order valence-electron chi connectivity index (χ1n) is 8.70. The van der Waals surface area contributed by atoms with Crippen molar-refractivity contribution in [2.75, 3.05) is 18.6 Å². The van der Waals surface area contributed by atoms with Crippen molar-refractivity contribution in [2.45, 2.75) is 19.5 Å². The topological polar surface area (TPSA) is 89.3 Å². The molecule has 1 aromatic carbocycles. The van der Waals surface area contributed by atoms with Gasteiger partial charge < -0.3 is 15.0 Å². The molecule has 0 saturated carbocycles. The first kappa shape index (κ1) is 17.0. The van der Waals surface area contributed by atoms with Crippen LogP contribution < -0.4 is 15.0 Å². The number of anilines is 1. The highest BCUT2D eigenvalue weighted by molar-refractivity contribution is 6.03. The molecule has 2 amide bonds. The van der Waals surface area contributed by atoms with Gasteiger partial charge in [0.2, 0.25) is 0 Å². The van der Waals surface area contributed by atoms with E-state index in [1.54, 1.807) is 42.3 Å². The maximum atomic E-state index is 12.7. The van der Waals surface area contributed by atoms with Crippen molar-refractivity contribution in [2.24, 2.45) is 0 Å². The van der Waals surface area contributed by atoms with Gasteiger partial charge in [0.15, 0.2) is 0 Å². The van der Waals surface area contributed by atoms with E-state index in [2.05, 4.69) is 15.4 Å². The van der Waals surface area contributed by atoms with E-state index in [0.717, 1.165) is 10.9 Å². The van der Waals surface area contributed by atoms with E-state index < -0.39 is 11.9 Å². The molecule has 2 aromatic heterocycles. The van der Waals surface area contributed by atoms with E-state index in [9.17, 15) is 9.59 Å². The minimum absolute atomic E-state index is 0.0566. The fourth-order valence-corrected chi connectivity index (χ4v) is 3.14. The van der Waals surface area contributed by atoms with Crippen LogP contribution in [0.25, 0.3) is 10.9 Å². The lowest BCUT2D eigenvalue weighted by molar-refractivity contribution is -0.120. The number of carbonyl (C=O) groups excluding carboxylic acids is 2. The third-order valence-corrected chi connectivity index (χ3v) is 4.62. The summed E-state index contributed by atoms with van der Waals surface area (Å²) < 4.78 is 7.51. The summed E-state index contributed by atoms with van der Waals surface area (Å²) in [7, 11) is 1.67. The number of rotatable bonds is 3. The number of nitrogens with one attached hydrogen (secondary N) is 1. The molecule has 8 heteroatoms. The van der Waals surface area contributed by atoms with E-state index in [1.165, 1.54) is 4.90 Å². The zero-order chi connectivity index (χ0) is 19.0. The van der Waals surface area contributed by atoms with Crippen molar-refractivity contribution in [3.63, 3.8) is 0 Å². The predicted molar refractivity (Wildman–Crippen MR) is 99.8 cm³/mol. The van der Waals surface area contributed by atoms with Crippen LogP contribution in [0.15, 0.2) is 42.7 Å². The van der Waals surface area contributed by atoms with Gasteiger partial charge in [-0.25, -0.2) is 0 Å². The summed E-state index contributed by atoms with van der Waals surface area (Å²) in [4.78, 5) is 31.1. The molecule has 3 heterocycles. The van der Waals surface area contributed by atoms with Crippen molar-refractivity contribution in [3.05, 3.63) is 48.4 Å². The lowest BCUT2D eigenvalue weighted by Crippen LogP contribution is -2.49. The summed E-state index contributed by atoms with van der Waals surface area (Å²) in [6, 6.07) is 8.15. The Morgan fingerprint density at radius 3 is 2.96 bits per heavy atom. The van der Waals surface area contributed by atoms with E-state index in [4.69, 9.17) is 4.74 Å². The molecule has 1 N–H and O–H groups in total. The summed E-state index contributed by atoms with van der Waals surface area (Å²) >= 11 is 0. The minimum atomic E-state index is -0.802. The molecule has 0 radical (unpaired) electrons. The normalized spacial score (nSPS) is 16.6. The number of pyridine rings is 1. The number of nitrogens with zero attached hydrogens (tertiary/aromatic N) is 4. The van der Waals surface area contributed by atoms with Gasteiger partial charge in [-0.3, -0.25) is 19.3 Å². The number of benzene rings is 1. The fourth-order valence-electron chi connectivity index (χ4n) is 3.14. The number of carbonyl (C=O) groups is 2. The Kier molecular flexibility index (Phi) is 4.23. The third-order valence-electron chi connectivity index (χ3n) is 4.62. The van der Waals surface area contributed by atoms with Crippen LogP contribution >= 0.6 is 0 Å². The standard InChI is InChI=1S/C19H19N5O3/c1-3-24-16-8-13(20-9-12(16)10-21-24)18(25)22-14-11-27-17-7-5-4-6-15(17)23(2)19(14)26/h4-10,14H,3,11H2,1-2H3,(H,22,25). The van der Waals surface area contributed by atoms with Crippen LogP contribution in [0.2, 0.25) is 0 Å². The Balaban J connectivity index is 1.57. The number of hydrogen-bond donors (Lipinski definition) is 1. The van der Waals surface area contributed by atoms with Crippen LogP contribution in [0.1, 0.15) is 17.4 Å². The molecule has 0 bridgehead atoms. The number of aryl methyl sites for hydroxylation is 1. The SMILES string of the molecule is CCn1ncc2cnc(C(=O)NC3COc4ccccc4N(C)C3=O)cc21. The molecule has 138 valence electrons. The van der Waals surface area contributed by atoms with E-state index in [1.807, 2.05) is 19.1 Å². The molecule has 0 spiro atoms. The highest BCUT2D eigenvalue weighted by Crippen LogP contribution is 2.29. The molecule has 0 saturated heterocycles. The van der Waals surface area contributed by atoms with Gasteiger partial charge in [0.05, 0.1) is 17.4 Å². The second-order valence-electron chi connectivity index (χ2n) is 6.29. The molecule has 1 unspecified atom stereocenters. The second kappa shape index (κ2) is 6.71. The van der Waals surface area contributed by atoms with Gasteiger partial charge >= 0.3 is 0 Å². The molecule has 0 fully saturated rings. The first-order valence-corrected chi connectivity index (χ1v) is 8.70. The van der Waals surface area contributed by atoms with Crippen molar-refractivity contribution in [1.29, 1.82) is 0 Å². The molecule has 27 heavy (non-hydrogen) atoms. The molecule has 8 nitrogen and oxygen atoms in total. The zero-order valence-corrected chi connectivity index (χ0v) is 15.0. The van der Waals surface area contributed by atoms with Crippen molar-refractivity contribution < 1.29 is 14.3 Å².